The fraction of sp³-hybridized carbons (Fsp3) is 0.333. The summed E-state index contributed by atoms with van der Waals surface area (Å²) < 4.78 is 5.00. The van der Waals surface area contributed by atoms with Crippen molar-refractivity contribution in [2.45, 2.75) is 26.4 Å². The van der Waals surface area contributed by atoms with Gasteiger partial charge in [0.25, 0.3) is 0 Å². The van der Waals surface area contributed by atoms with Crippen LogP contribution in [0.25, 0.3) is 0 Å². The molecule has 1 aromatic rings. The van der Waals surface area contributed by atoms with E-state index in [0.717, 1.165) is 12.1 Å². The maximum Gasteiger partial charge on any atom is 0.412 e. The third-order valence-electron chi connectivity index (χ3n) is 1.94. The number of halogens is 1. The number of phenols is 1. The van der Waals surface area contributed by atoms with Gasteiger partial charge in [-0.05, 0) is 32.9 Å². The van der Waals surface area contributed by atoms with Crippen molar-refractivity contribution in [2.24, 2.45) is 0 Å². The topological polar surface area (TPSA) is 95.9 Å². The molecule has 1 rings (SSSR count). The molecule has 0 radical (unpaired) electrons. The first kappa shape index (κ1) is 15.1. The molecule has 0 aromatic heterocycles. The number of aromatic carboxylic acids is 1. The lowest BCUT2D eigenvalue weighted by atomic mass is 10.2. The molecule has 0 bridgehead atoms. The molecule has 7 heteroatoms. The minimum Gasteiger partial charge on any atom is -0.506 e. The van der Waals surface area contributed by atoms with Crippen molar-refractivity contribution in [3.63, 3.8) is 0 Å². The molecule has 0 aliphatic rings. The molecule has 0 heterocycles. The normalized spacial score (nSPS) is 10.9. The Morgan fingerprint density at radius 3 is 2.37 bits per heavy atom. The molecular weight excluding hydrogens is 274 g/mol. The van der Waals surface area contributed by atoms with E-state index in [1.54, 1.807) is 20.8 Å². The van der Waals surface area contributed by atoms with Gasteiger partial charge in [-0.15, -0.1) is 0 Å². The SMILES string of the molecule is CC(C)(C)OC(=O)Nc1cc(C(=O)O)cc(O)c1Cl. The van der Waals surface area contributed by atoms with Crippen molar-refractivity contribution in [3.05, 3.63) is 22.7 Å². The lowest BCUT2D eigenvalue weighted by molar-refractivity contribution is 0.0632. The Balaban J connectivity index is 3.01. The second-order valence-corrected chi connectivity index (χ2v) is 5.17. The van der Waals surface area contributed by atoms with Gasteiger partial charge in [0.05, 0.1) is 11.3 Å². The molecule has 0 unspecified atom stereocenters. The zero-order chi connectivity index (χ0) is 14.8. The van der Waals surface area contributed by atoms with Crippen molar-refractivity contribution in [1.29, 1.82) is 0 Å². The number of carbonyl (C=O) groups excluding carboxylic acids is 1. The Bertz CT molecular complexity index is 522. The van der Waals surface area contributed by atoms with Gasteiger partial charge in [-0.25, -0.2) is 9.59 Å². The fourth-order valence-electron chi connectivity index (χ4n) is 1.24. The highest BCUT2D eigenvalue weighted by atomic mass is 35.5. The fourth-order valence-corrected chi connectivity index (χ4v) is 1.39. The van der Waals surface area contributed by atoms with Crippen molar-refractivity contribution in [3.8, 4) is 5.75 Å². The predicted octanol–water partition coefficient (Wildman–Crippen LogP) is 3.09. The van der Waals surface area contributed by atoms with Crippen LogP contribution >= 0.6 is 11.6 Å². The van der Waals surface area contributed by atoms with E-state index < -0.39 is 23.4 Å². The van der Waals surface area contributed by atoms with Crippen LogP contribution in [0.3, 0.4) is 0 Å². The van der Waals surface area contributed by atoms with Crippen molar-refractivity contribution in [1.82, 2.24) is 0 Å². The Hall–Kier alpha value is -1.95. The third-order valence-corrected chi connectivity index (χ3v) is 2.33. The minimum atomic E-state index is -1.25. The first-order valence-electron chi connectivity index (χ1n) is 5.36. The highest BCUT2D eigenvalue weighted by Gasteiger charge is 2.19. The van der Waals surface area contributed by atoms with Crippen molar-refractivity contribution in [2.75, 3.05) is 5.32 Å². The van der Waals surface area contributed by atoms with E-state index >= 15 is 0 Å². The van der Waals surface area contributed by atoms with Gasteiger partial charge in [-0.1, -0.05) is 11.6 Å². The van der Waals surface area contributed by atoms with Crippen molar-refractivity contribution >= 4 is 29.4 Å². The van der Waals surface area contributed by atoms with Crippen LogP contribution in [-0.2, 0) is 4.74 Å². The van der Waals surface area contributed by atoms with Crippen LogP contribution < -0.4 is 5.32 Å². The number of hydrogen-bond acceptors (Lipinski definition) is 4. The van der Waals surface area contributed by atoms with Gasteiger partial charge in [0, 0.05) is 0 Å². The first-order valence-corrected chi connectivity index (χ1v) is 5.74. The van der Waals surface area contributed by atoms with Gasteiger partial charge in [0.2, 0.25) is 0 Å². The summed E-state index contributed by atoms with van der Waals surface area (Å²) in [7, 11) is 0. The second kappa shape index (κ2) is 5.36. The predicted molar refractivity (Wildman–Crippen MR) is 69.9 cm³/mol. The van der Waals surface area contributed by atoms with E-state index in [9.17, 15) is 14.7 Å². The average Bonchev–Trinajstić information content (AvgIpc) is 2.21. The van der Waals surface area contributed by atoms with Crippen LogP contribution in [0.15, 0.2) is 12.1 Å². The standard InChI is InChI=1S/C12H14ClNO5/c1-12(2,3)19-11(18)14-7-4-6(10(16)17)5-8(15)9(7)13/h4-5,15H,1-3H3,(H,14,18)(H,16,17). The summed E-state index contributed by atoms with van der Waals surface area (Å²) in [5.41, 5.74) is -0.940. The van der Waals surface area contributed by atoms with Crippen LogP contribution in [0.4, 0.5) is 10.5 Å². The molecule has 0 saturated heterocycles. The summed E-state index contributed by atoms with van der Waals surface area (Å²) in [6.07, 6.45) is -0.795. The van der Waals surface area contributed by atoms with Gasteiger partial charge >= 0.3 is 12.1 Å². The second-order valence-electron chi connectivity index (χ2n) is 4.79. The quantitative estimate of drug-likeness (QED) is 0.777. The Morgan fingerprint density at radius 2 is 1.89 bits per heavy atom. The Labute approximate surface area is 114 Å². The van der Waals surface area contributed by atoms with E-state index in [-0.39, 0.29) is 16.3 Å². The molecule has 1 amide bonds. The number of benzene rings is 1. The zero-order valence-corrected chi connectivity index (χ0v) is 11.4. The first-order chi connectivity index (χ1) is 8.60. The Morgan fingerprint density at radius 1 is 1.32 bits per heavy atom. The number of amides is 1. The molecule has 104 valence electrons. The van der Waals surface area contributed by atoms with E-state index in [1.807, 2.05) is 0 Å². The van der Waals surface area contributed by atoms with E-state index in [1.165, 1.54) is 0 Å². The smallest absolute Gasteiger partial charge is 0.412 e. The highest BCUT2D eigenvalue weighted by molar-refractivity contribution is 6.35. The largest absolute Gasteiger partial charge is 0.506 e. The maximum atomic E-state index is 11.6. The summed E-state index contributed by atoms with van der Waals surface area (Å²) >= 11 is 5.77. The molecule has 0 atom stereocenters. The Kier molecular flexibility index (Phi) is 4.26. The van der Waals surface area contributed by atoms with Crippen LogP contribution in [0.2, 0.25) is 5.02 Å². The zero-order valence-electron chi connectivity index (χ0n) is 10.7. The summed E-state index contributed by atoms with van der Waals surface area (Å²) in [4.78, 5) is 22.4. The van der Waals surface area contributed by atoms with E-state index in [0.29, 0.717) is 0 Å². The molecule has 3 N–H and O–H groups in total. The number of aromatic hydroxyl groups is 1. The van der Waals surface area contributed by atoms with Crippen molar-refractivity contribution < 1.29 is 24.5 Å². The van der Waals surface area contributed by atoms with Gasteiger partial charge in [-0.3, -0.25) is 5.32 Å². The van der Waals surface area contributed by atoms with E-state index in [4.69, 9.17) is 21.4 Å². The average molecular weight is 288 g/mol. The van der Waals surface area contributed by atoms with Crippen LogP contribution in [0.5, 0.6) is 5.75 Å². The summed E-state index contributed by atoms with van der Waals surface area (Å²) in [5, 5.41) is 20.5. The number of hydrogen-bond donors (Lipinski definition) is 3. The number of nitrogens with one attached hydrogen (secondary N) is 1. The summed E-state index contributed by atoms with van der Waals surface area (Å²) in [6, 6.07) is 2.12. The lowest BCUT2D eigenvalue weighted by Crippen LogP contribution is -2.27. The van der Waals surface area contributed by atoms with E-state index in [2.05, 4.69) is 5.32 Å². The van der Waals surface area contributed by atoms with Gasteiger partial charge < -0.3 is 14.9 Å². The lowest BCUT2D eigenvalue weighted by Gasteiger charge is -2.20. The number of carboxylic acid groups (broad SMARTS) is 1. The monoisotopic (exact) mass is 287 g/mol. The maximum absolute atomic E-state index is 11.6. The highest BCUT2D eigenvalue weighted by Crippen LogP contribution is 2.33. The number of phenolic OH excluding ortho intramolecular Hbond substituents is 1. The molecule has 0 spiro atoms. The molecule has 1 aromatic carbocycles. The molecule has 0 fully saturated rings. The number of carbonyl (C=O) groups is 2. The van der Waals surface area contributed by atoms with Gasteiger partial charge in [-0.2, -0.15) is 0 Å². The molecule has 0 saturated carbocycles. The van der Waals surface area contributed by atoms with Crippen LogP contribution in [-0.4, -0.2) is 27.9 Å². The minimum absolute atomic E-state index is 0.0340. The molecule has 6 nitrogen and oxygen atoms in total. The van der Waals surface area contributed by atoms with Gasteiger partial charge in [0.15, 0.2) is 0 Å². The van der Waals surface area contributed by atoms with Crippen LogP contribution in [0, 0.1) is 0 Å². The summed E-state index contributed by atoms with van der Waals surface area (Å²) in [6.45, 7) is 5.04. The number of anilines is 1. The molecule has 0 aliphatic heterocycles. The molecular formula is C12H14ClNO5. The van der Waals surface area contributed by atoms with Crippen LogP contribution in [0.1, 0.15) is 31.1 Å². The summed E-state index contributed by atoms with van der Waals surface area (Å²) in [5.74, 6) is -1.69. The number of ether oxygens (including phenoxy) is 1. The molecule has 19 heavy (non-hydrogen) atoms. The third kappa shape index (κ3) is 4.33. The molecule has 0 aliphatic carbocycles. The number of rotatable bonds is 2. The van der Waals surface area contributed by atoms with Gasteiger partial charge in [0.1, 0.15) is 16.4 Å². The number of carboxylic acids is 1.